The molecule has 1 amide bonds. The Hall–Kier alpha value is -3.20. The fourth-order valence-electron chi connectivity index (χ4n) is 2.23. The fourth-order valence-corrected chi connectivity index (χ4v) is 2.23. The van der Waals surface area contributed by atoms with Crippen LogP contribution in [0.25, 0.3) is 5.69 Å². The van der Waals surface area contributed by atoms with Crippen LogP contribution in [0.2, 0.25) is 0 Å². The molecule has 1 aromatic carbocycles. The minimum atomic E-state index is -0.311. The molecular formula is C18H21N5O4. The molecule has 27 heavy (non-hydrogen) atoms. The van der Waals surface area contributed by atoms with Crippen LogP contribution in [-0.2, 0) is 11.3 Å². The number of hydrogen-bond donors (Lipinski definition) is 1. The number of carbonyl (C=O) groups is 1. The molecule has 0 radical (unpaired) electrons. The third-order valence-corrected chi connectivity index (χ3v) is 3.53. The number of benzene rings is 1. The highest BCUT2D eigenvalue weighted by atomic mass is 16.5. The highest BCUT2D eigenvalue weighted by Crippen LogP contribution is 2.16. The number of carbonyl (C=O) groups excluding carboxylic acids is 1. The van der Waals surface area contributed by atoms with Crippen molar-refractivity contribution in [3.63, 3.8) is 0 Å². The molecule has 3 aromatic rings. The van der Waals surface area contributed by atoms with Gasteiger partial charge in [-0.15, -0.1) is 0 Å². The third kappa shape index (κ3) is 5.38. The summed E-state index contributed by atoms with van der Waals surface area (Å²) in [5.74, 6) is 0.806. The van der Waals surface area contributed by atoms with Crippen molar-refractivity contribution in [3.8, 4) is 11.4 Å². The monoisotopic (exact) mass is 371 g/mol. The van der Waals surface area contributed by atoms with Crippen molar-refractivity contribution in [2.24, 2.45) is 0 Å². The Morgan fingerprint density at radius 1 is 1.30 bits per heavy atom. The molecule has 0 spiro atoms. The quantitative estimate of drug-likeness (QED) is 0.574. The smallest absolute Gasteiger partial charge is 0.273 e. The van der Waals surface area contributed by atoms with Gasteiger partial charge in [0.25, 0.3) is 5.91 Å². The number of nitrogens with one attached hydrogen (secondary N) is 1. The van der Waals surface area contributed by atoms with E-state index in [9.17, 15) is 4.79 Å². The lowest BCUT2D eigenvalue weighted by molar-refractivity contribution is 0.0743. The highest BCUT2D eigenvalue weighted by Gasteiger charge is 2.12. The van der Waals surface area contributed by atoms with E-state index in [-0.39, 0.29) is 24.3 Å². The second-order valence-corrected chi connectivity index (χ2v) is 5.98. The Morgan fingerprint density at radius 3 is 2.81 bits per heavy atom. The Bertz CT molecular complexity index is 843. The zero-order valence-corrected chi connectivity index (χ0v) is 15.2. The van der Waals surface area contributed by atoms with Crippen molar-refractivity contribution in [3.05, 3.63) is 54.4 Å². The van der Waals surface area contributed by atoms with Crippen LogP contribution < -0.4 is 10.1 Å². The molecule has 0 saturated carbocycles. The van der Waals surface area contributed by atoms with Gasteiger partial charge in [0.2, 0.25) is 0 Å². The van der Waals surface area contributed by atoms with Gasteiger partial charge in [-0.05, 0) is 38.1 Å². The number of hydrogen-bond acceptors (Lipinski definition) is 7. The predicted molar refractivity (Wildman–Crippen MR) is 95.6 cm³/mol. The molecule has 0 aliphatic rings. The van der Waals surface area contributed by atoms with E-state index in [1.54, 1.807) is 17.1 Å². The predicted octanol–water partition coefficient (Wildman–Crippen LogP) is 1.99. The molecule has 0 bridgehead atoms. The maximum atomic E-state index is 12.0. The zero-order chi connectivity index (χ0) is 19.1. The summed E-state index contributed by atoms with van der Waals surface area (Å²) in [4.78, 5) is 15.9. The molecule has 142 valence electrons. The summed E-state index contributed by atoms with van der Waals surface area (Å²) in [6.45, 7) is 4.90. The maximum Gasteiger partial charge on any atom is 0.273 e. The SMILES string of the molecule is CC(C)OCCNC(=O)c1cc(COc2ccc(-n3cncn3)cc2)on1. The Morgan fingerprint density at radius 2 is 2.11 bits per heavy atom. The largest absolute Gasteiger partial charge is 0.486 e. The van der Waals surface area contributed by atoms with Gasteiger partial charge < -0.3 is 19.3 Å². The second kappa shape index (κ2) is 8.95. The van der Waals surface area contributed by atoms with E-state index in [2.05, 4.69) is 20.6 Å². The summed E-state index contributed by atoms with van der Waals surface area (Å²) >= 11 is 0. The standard InChI is InChI=1S/C18H21N5O4/c1-13(2)25-8-7-20-18(24)17-9-16(27-22-17)10-26-15-5-3-14(4-6-15)23-12-19-11-21-23/h3-6,9,11-13H,7-8,10H2,1-2H3,(H,20,24). The highest BCUT2D eigenvalue weighted by molar-refractivity contribution is 5.92. The van der Waals surface area contributed by atoms with Gasteiger partial charge in [-0.1, -0.05) is 5.16 Å². The molecule has 0 fully saturated rings. The average Bonchev–Trinajstić information content (AvgIpc) is 3.35. The van der Waals surface area contributed by atoms with E-state index >= 15 is 0 Å². The summed E-state index contributed by atoms with van der Waals surface area (Å²) in [5, 5.41) is 10.5. The molecule has 3 rings (SSSR count). The van der Waals surface area contributed by atoms with E-state index in [4.69, 9.17) is 14.0 Å². The van der Waals surface area contributed by atoms with Crippen LogP contribution >= 0.6 is 0 Å². The molecule has 0 atom stereocenters. The van der Waals surface area contributed by atoms with Gasteiger partial charge in [0.1, 0.15) is 25.0 Å². The average molecular weight is 371 g/mol. The van der Waals surface area contributed by atoms with Gasteiger partial charge >= 0.3 is 0 Å². The number of nitrogens with zero attached hydrogens (tertiary/aromatic N) is 4. The van der Waals surface area contributed by atoms with Crippen molar-refractivity contribution >= 4 is 5.91 Å². The lowest BCUT2D eigenvalue weighted by Crippen LogP contribution is -2.28. The van der Waals surface area contributed by atoms with Gasteiger partial charge in [0.05, 0.1) is 18.4 Å². The minimum Gasteiger partial charge on any atom is -0.486 e. The molecule has 0 unspecified atom stereocenters. The number of rotatable bonds is 9. The minimum absolute atomic E-state index is 0.128. The molecule has 9 nitrogen and oxygen atoms in total. The molecule has 0 aliphatic heterocycles. The van der Waals surface area contributed by atoms with Crippen LogP contribution in [0.5, 0.6) is 5.75 Å². The van der Waals surface area contributed by atoms with Gasteiger partial charge in [-0.25, -0.2) is 9.67 Å². The molecule has 9 heteroatoms. The topological polar surface area (TPSA) is 104 Å². The number of aromatic nitrogens is 4. The first-order valence-electron chi connectivity index (χ1n) is 8.55. The fraction of sp³-hybridized carbons (Fsp3) is 0.333. The van der Waals surface area contributed by atoms with E-state index < -0.39 is 0 Å². The first-order chi connectivity index (χ1) is 13.1. The van der Waals surface area contributed by atoms with Crippen molar-refractivity contribution in [1.82, 2.24) is 25.2 Å². The van der Waals surface area contributed by atoms with Crippen LogP contribution in [0.1, 0.15) is 30.1 Å². The lowest BCUT2D eigenvalue weighted by atomic mass is 10.3. The summed E-state index contributed by atoms with van der Waals surface area (Å²) < 4.78 is 17.8. The van der Waals surface area contributed by atoms with Crippen molar-refractivity contribution in [1.29, 1.82) is 0 Å². The number of ether oxygens (including phenoxy) is 2. The van der Waals surface area contributed by atoms with Gasteiger partial charge in [0.15, 0.2) is 11.5 Å². The molecule has 2 aromatic heterocycles. The van der Waals surface area contributed by atoms with Crippen LogP contribution in [0, 0.1) is 0 Å². The molecule has 1 N–H and O–H groups in total. The number of amides is 1. The van der Waals surface area contributed by atoms with Crippen LogP contribution in [0.15, 0.2) is 47.5 Å². The molecule has 0 saturated heterocycles. The van der Waals surface area contributed by atoms with Crippen LogP contribution in [-0.4, -0.2) is 45.1 Å². The van der Waals surface area contributed by atoms with Gasteiger partial charge in [-0.2, -0.15) is 5.10 Å². The second-order valence-electron chi connectivity index (χ2n) is 5.98. The Kier molecular flexibility index (Phi) is 6.16. The summed E-state index contributed by atoms with van der Waals surface area (Å²) in [6.07, 6.45) is 3.22. The van der Waals surface area contributed by atoms with Crippen molar-refractivity contribution in [2.75, 3.05) is 13.2 Å². The zero-order valence-electron chi connectivity index (χ0n) is 15.2. The third-order valence-electron chi connectivity index (χ3n) is 3.53. The normalized spacial score (nSPS) is 10.9. The van der Waals surface area contributed by atoms with Gasteiger partial charge in [-0.3, -0.25) is 4.79 Å². The molecule has 2 heterocycles. The lowest BCUT2D eigenvalue weighted by Gasteiger charge is -2.07. The summed E-state index contributed by atoms with van der Waals surface area (Å²) in [6, 6.07) is 8.92. The maximum absolute atomic E-state index is 12.0. The Labute approximate surface area is 156 Å². The molecule has 0 aliphatic carbocycles. The van der Waals surface area contributed by atoms with Crippen molar-refractivity contribution in [2.45, 2.75) is 26.6 Å². The van der Waals surface area contributed by atoms with E-state index in [1.807, 2.05) is 38.1 Å². The van der Waals surface area contributed by atoms with E-state index in [0.717, 1.165) is 5.69 Å². The van der Waals surface area contributed by atoms with E-state index in [1.165, 1.54) is 6.33 Å². The van der Waals surface area contributed by atoms with Crippen LogP contribution in [0.3, 0.4) is 0 Å². The van der Waals surface area contributed by atoms with Crippen molar-refractivity contribution < 1.29 is 18.8 Å². The first kappa shape index (κ1) is 18.6. The van der Waals surface area contributed by atoms with E-state index in [0.29, 0.717) is 24.7 Å². The Balaban J connectivity index is 1.47. The summed E-state index contributed by atoms with van der Waals surface area (Å²) in [5.41, 5.74) is 1.08. The van der Waals surface area contributed by atoms with Gasteiger partial charge in [0, 0.05) is 12.6 Å². The van der Waals surface area contributed by atoms with Crippen LogP contribution in [0.4, 0.5) is 0 Å². The first-order valence-corrected chi connectivity index (χ1v) is 8.55. The molecular weight excluding hydrogens is 350 g/mol. The summed E-state index contributed by atoms with van der Waals surface area (Å²) in [7, 11) is 0.